The van der Waals surface area contributed by atoms with Gasteiger partial charge in [0.2, 0.25) is 0 Å². The van der Waals surface area contributed by atoms with Crippen molar-refractivity contribution in [3.8, 4) is 35.2 Å². The monoisotopic (exact) mass is 655 g/mol. The molecule has 4 aromatic rings. The Balaban J connectivity index is 1.13. The highest BCUT2D eigenvalue weighted by Gasteiger charge is 2.48. The van der Waals surface area contributed by atoms with Gasteiger partial charge in [0.25, 0.3) is 0 Å². The van der Waals surface area contributed by atoms with Gasteiger partial charge < -0.3 is 29.7 Å². The fourth-order valence-electron chi connectivity index (χ4n) is 8.58. The van der Waals surface area contributed by atoms with Gasteiger partial charge in [-0.25, -0.2) is 13.2 Å². The smallest absolute Gasteiger partial charge is 0.319 e. The van der Waals surface area contributed by atoms with E-state index in [9.17, 15) is 9.50 Å². The predicted molar refractivity (Wildman–Crippen MR) is 176 cm³/mol. The largest absolute Gasteiger partial charge is 0.508 e. The van der Waals surface area contributed by atoms with Crippen molar-refractivity contribution in [2.24, 2.45) is 17.3 Å². The van der Waals surface area contributed by atoms with Crippen LogP contribution in [0.4, 0.5) is 19.0 Å². The first-order chi connectivity index (χ1) is 23.3. The lowest BCUT2D eigenvalue weighted by atomic mass is 9.92. The zero-order valence-electron chi connectivity index (χ0n) is 26.4. The van der Waals surface area contributed by atoms with Crippen molar-refractivity contribution in [3.63, 3.8) is 0 Å². The Morgan fingerprint density at radius 2 is 1.75 bits per heavy atom. The van der Waals surface area contributed by atoms with E-state index in [1.54, 1.807) is 0 Å². The van der Waals surface area contributed by atoms with E-state index in [0.717, 1.165) is 58.5 Å². The number of nitrogens with zero attached hydrogens (tertiary/aromatic N) is 4. The van der Waals surface area contributed by atoms with Gasteiger partial charge in [-0.05, 0) is 55.3 Å². The second-order valence-corrected chi connectivity index (χ2v) is 14.5. The highest BCUT2D eigenvalue weighted by Crippen LogP contribution is 2.48. The maximum atomic E-state index is 16.9. The second-order valence-electron chi connectivity index (χ2n) is 14.5. The fourth-order valence-corrected chi connectivity index (χ4v) is 8.58. The van der Waals surface area contributed by atoms with Gasteiger partial charge in [0.15, 0.2) is 5.82 Å². The number of benzene rings is 3. The number of rotatable bonds is 7. The van der Waals surface area contributed by atoms with Gasteiger partial charge in [0.1, 0.15) is 28.7 Å². The van der Waals surface area contributed by atoms with Crippen LogP contribution in [0.2, 0.25) is 0 Å². The molecule has 4 atom stereocenters. The molecule has 5 fully saturated rings. The number of nitrogens with one attached hydrogen (secondary N) is 1. The lowest BCUT2D eigenvalue weighted by molar-refractivity contribution is 0.131. The normalized spacial score (nSPS) is 25.9. The molecule has 248 valence electrons. The third-order valence-electron chi connectivity index (χ3n) is 11.2. The third kappa shape index (κ3) is 5.04. The first-order valence-corrected chi connectivity index (χ1v) is 16.8. The summed E-state index contributed by atoms with van der Waals surface area (Å²) in [5.41, 5.74) is -0.785. The number of hydrogen-bond acceptors (Lipinski definition) is 8. The Morgan fingerprint density at radius 1 is 1.00 bits per heavy atom. The summed E-state index contributed by atoms with van der Waals surface area (Å²) in [5, 5.41) is 14.9. The lowest BCUT2D eigenvalue weighted by Gasteiger charge is -2.34. The van der Waals surface area contributed by atoms with Crippen molar-refractivity contribution in [3.05, 3.63) is 53.3 Å². The van der Waals surface area contributed by atoms with Gasteiger partial charge in [-0.3, -0.25) is 0 Å². The van der Waals surface area contributed by atoms with Crippen LogP contribution < -0.4 is 15.0 Å². The van der Waals surface area contributed by atoms with E-state index in [-0.39, 0.29) is 56.7 Å². The molecule has 0 amide bonds. The molecule has 9 rings (SSSR count). The number of terminal acetylenes is 1. The molecule has 48 heavy (non-hydrogen) atoms. The standard InChI is InChI=1S/C37H36F3N5O3/c1-2-26-29(38)6-3-20-9-25(46)10-27(31(20)26)32-30(39)11-28-34(33(32)40)42-36(43-35(28)45-14-23-4-5-24(15-45)41-23)48-19-37(7-8-37)18-44-12-21-16-47-17-22(21)13-44/h1,3,6,9-11,21-24,41,46H,4-5,7-8,12-19H2/t21-,22+,23?,24?. The molecule has 11 heteroatoms. The summed E-state index contributed by atoms with van der Waals surface area (Å²) in [6.45, 7) is 6.32. The van der Waals surface area contributed by atoms with Gasteiger partial charge >= 0.3 is 6.01 Å². The Kier molecular flexibility index (Phi) is 7.01. The maximum absolute atomic E-state index is 16.9. The Bertz CT molecular complexity index is 1990. The van der Waals surface area contributed by atoms with Crippen LogP contribution in [0.5, 0.6) is 11.8 Å². The molecule has 2 unspecified atom stereocenters. The van der Waals surface area contributed by atoms with Gasteiger partial charge in [-0.15, -0.1) is 6.42 Å². The molecule has 8 nitrogen and oxygen atoms in total. The summed E-state index contributed by atoms with van der Waals surface area (Å²) in [6, 6.07) is 6.97. The molecule has 1 aliphatic carbocycles. The number of phenolic OH excluding ortho intramolecular Hbond substituents is 1. The van der Waals surface area contributed by atoms with Crippen LogP contribution in [0.15, 0.2) is 30.3 Å². The van der Waals surface area contributed by atoms with Crippen molar-refractivity contribution in [1.82, 2.24) is 20.2 Å². The topological polar surface area (TPSA) is 83.0 Å². The molecule has 5 aliphatic rings. The SMILES string of the molecule is C#Cc1c(F)ccc2cc(O)cc(-c3c(F)cc4c(N5CC6CCC(C5)N6)nc(OCC5(CN6C[C@H]7COC[C@H]7C6)CC5)nc4c3F)c12. The van der Waals surface area contributed by atoms with E-state index in [1.807, 2.05) is 0 Å². The highest BCUT2D eigenvalue weighted by atomic mass is 19.1. The van der Waals surface area contributed by atoms with Crippen LogP contribution in [-0.2, 0) is 4.74 Å². The second kappa shape index (κ2) is 11.2. The summed E-state index contributed by atoms with van der Waals surface area (Å²) in [5.74, 6) is 1.14. The fraction of sp³-hybridized carbons (Fsp3) is 0.459. The molecule has 1 aromatic heterocycles. The van der Waals surface area contributed by atoms with E-state index < -0.39 is 23.0 Å². The zero-order valence-corrected chi connectivity index (χ0v) is 26.4. The number of aromatic hydroxyl groups is 1. The Morgan fingerprint density at radius 3 is 2.46 bits per heavy atom. The number of hydrogen-bond donors (Lipinski definition) is 2. The van der Waals surface area contributed by atoms with Crippen LogP contribution in [0, 0.1) is 47.0 Å². The van der Waals surface area contributed by atoms with E-state index in [4.69, 9.17) is 20.9 Å². The number of likely N-dealkylation sites (tertiary alicyclic amines) is 1. The molecule has 4 aliphatic heterocycles. The van der Waals surface area contributed by atoms with Gasteiger partial charge in [0.05, 0.1) is 30.9 Å². The summed E-state index contributed by atoms with van der Waals surface area (Å²) >= 11 is 0. The summed E-state index contributed by atoms with van der Waals surface area (Å²) < 4.78 is 60.0. The van der Waals surface area contributed by atoms with Crippen LogP contribution in [0.25, 0.3) is 32.8 Å². The van der Waals surface area contributed by atoms with Gasteiger partial charge in [0, 0.05) is 78.4 Å². The molecule has 2 N–H and O–H groups in total. The third-order valence-corrected chi connectivity index (χ3v) is 11.2. The first kappa shape index (κ1) is 30.0. The average Bonchev–Trinajstić information content (AvgIpc) is 3.31. The minimum absolute atomic E-state index is 0.0190. The van der Waals surface area contributed by atoms with Crippen molar-refractivity contribution >= 4 is 27.5 Å². The molecule has 0 spiro atoms. The Labute approximate surface area is 276 Å². The molecule has 5 heterocycles. The number of fused-ring (bicyclic) bond motifs is 5. The molecule has 0 radical (unpaired) electrons. The zero-order chi connectivity index (χ0) is 32.7. The van der Waals surface area contributed by atoms with Crippen molar-refractivity contribution < 1.29 is 27.8 Å². The first-order valence-electron chi connectivity index (χ1n) is 16.8. The van der Waals surface area contributed by atoms with Crippen molar-refractivity contribution in [2.75, 3.05) is 57.4 Å². The highest BCUT2D eigenvalue weighted by molar-refractivity contribution is 6.04. The number of anilines is 1. The summed E-state index contributed by atoms with van der Waals surface area (Å²) in [4.78, 5) is 13.9. The lowest BCUT2D eigenvalue weighted by Crippen LogP contribution is -2.51. The van der Waals surface area contributed by atoms with Crippen molar-refractivity contribution in [2.45, 2.75) is 37.8 Å². The van der Waals surface area contributed by atoms with E-state index in [0.29, 0.717) is 42.7 Å². The molecular weight excluding hydrogens is 619 g/mol. The number of aromatic nitrogens is 2. The average molecular weight is 656 g/mol. The predicted octanol–water partition coefficient (Wildman–Crippen LogP) is 5.23. The molecule has 1 saturated carbocycles. The molecule has 4 saturated heterocycles. The van der Waals surface area contributed by atoms with E-state index >= 15 is 8.78 Å². The quantitative estimate of drug-likeness (QED) is 0.262. The molecule has 2 bridgehead atoms. The number of halogens is 3. The van der Waals surface area contributed by atoms with Crippen LogP contribution in [-0.4, -0.2) is 84.6 Å². The maximum Gasteiger partial charge on any atom is 0.319 e. The van der Waals surface area contributed by atoms with Gasteiger partial charge in [-0.1, -0.05) is 12.0 Å². The van der Waals surface area contributed by atoms with E-state index in [2.05, 4.69) is 26.0 Å². The van der Waals surface area contributed by atoms with Crippen LogP contribution in [0.3, 0.4) is 0 Å². The van der Waals surface area contributed by atoms with Crippen molar-refractivity contribution in [1.29, 1.82) is 0 Å². The summed E-state index contributed by atoms with van der Waals surface area (Å²) in [6.07, 6.45) is 9.76. The minimum atomic E-state index is -0.956. The molecule has 3 aromatic carbocycles. The van der Waals surface area contributed by atoms with E-state index in [1.165, 1.54) is 30.3 Å². The Hall–Kier alpha value is -4.11. The summed E-state index contributed by atoms with van der Waals surface area (Å²) in [7, 11) is 0. The molecular formula is C37H36F3N5O3. The number of ether oxygens (including phenoxy) is 2. The number of phenols is 1. The van der Waals surface area contributed by atoms with Gasteiger partial charge in [-0.2, -0.15) is 9.97 Å². The number of piperazine rings is 1. The van der Waals surface area contributed by atoms with Crippen LogP contribution in [0.1, 0.15) is 31.2 Å². The van der Waals surface area contributed by atoms with Crippen LogP contribution >= 0.6 is 0 Å². The minimum Gasteiger partial charge on any atom is -0.508 e.